The van der Waals surface area contributed by atoms with Gasteiger partial charge in [0.2, 0.25) is 26.2 Å². The lowest BCUT2D eigenvalue weighted by Gasteiger charge is -2.31. The molecule has 0 bridgehead atoms. The number of hydrogen-bond donors (Lipinski definition) is 0. The first kappa shape index (κ1) is 22.6. The van der Waals surface area contributed by atoms with Gasteiger partial charge >= 0.3 is 4.33 Å². The summed E-state index contributed by atoms with van der Waals surface area (Å²) in [7, 11) is -10.5. The molecule has 0 aromatic heterocycles. The number of alkyl halides is 1. The second kappa shape index (κ2) is 8.56. The summed E-state index contributed by atoms with van der Waals surface area (Å²) in [6.45, 7) is -1.25. The van der Waals surface area contributed by atoms with Crippen molar-refractivity contribution in [3.05, 3.63) is 107 Å². The van der Waals surface area contributed by atoms with E-state index in [0.717, 1.165) is 24.3 Å². The van der Waals surface area contributed by atoms with Crippen LogP contribution in [0.2, 0.25) is 0 Å². The third kappa shape index (κ3) is 3.96. The van der Waals surface area contributed by atoms with Gasteiger partial charge in [-0.3, -0.25) is 10.1 Å². The minimum Gasteiger partial charge on any atom is -0.265 e. The van der Waals surface area contributed by atoms with Crippen molar-refractivity contribution in [3.63, 3.8) is 0 Å². The van der Waals surface area contributed by atoms with Crippen LogP contribution in [0.1, 0.15) is 11.5 Å². The number of nitrogens with zero attached hydrogens (tertiary/aromatic N) is 1. The first-order chi connectivity index (χ1) is 14.6. The van der Waals surface area contributed by atoms with Gasteiger partial charge in [0.1, 0.15) is 5.92 Å². The predicted molar refractivity (Wildman–Crippen MR) is 112 cm³/mol. The number of halogens is 1. The van der Waals surface area contributed by atoms with Crippen molar-refractivity contribution >= 4 is 19.7 Å². The zero-order chi connectivity index (χ0) is 22.7. The van der Waals surface area contributed by atoms with E-state index < -0.39 is 51.2 Å². The quantitative estimate of drug-likeness (QED) is 0.373. The molecule has 0 radical (unpaired) electrons. The van der Waals surface area contributed by atoms with Crippen molar-refractivity contribution in [2.45, 2.75) is 20.0 Å². The van der Waals surface area contributed by atoms with Crippen molar-refractivity contribution in [2.24, 2.45) is 0 Å². The average molecular weight is 464 g/mol. The molecule has 1 atom stereocenters. The molecule has 0 saturated heterocycles. The van der Waals surface area contributed by atoms with Crippen LogP contribution in [0.3, 0.4) is 0 Å². The fourth-order valence-electron chi connectivity index (χ4n) is 3.29. The topological polar surface area (TPSA) is 111 Å². The van der Waals surface area contributed by atoms with E-state index in [0.29, 0.717) is 0 Å². The average Bonchev–Trinajstić information content (AvgIpc) is 2.78. The molecule has 3 rings (SSSR count). The smallest absolute Gasteiger partial charge is 0.265 e. The normalized spacial score (nSPS) is 13.5. The van der Waals surface area contributed by atoms with E-state index in [1.54, 1.807) is 6.07 Å². The number of sulfone groups is 2. The van der Waals surface area contributed by atoms with Crippen LogP contribution in [0, 0.1) is 10.1 Å². The minimum atomic E-state index is -5.26. The summed E-state index contributed by atoms with van der Waals surface area (Å²) in [6.07, 6.45) is 0. The summed E-state index contributed by atoms with van der Waals surface area (Å²) in [5.41, 5.74) is -0.124. The Balaban J connectivity index is 2.40. The van der Waals surface area contributed by atoms with E-state index in [2.05, 4.69) is 0 Å². The van der Waals surface area contributed by atoms with Gasteiger partial charge < -0.3 is 0 Å². The molecule has 0 fully saturated rings. The Kier molecular flexibility index (Phi) is 6.23. The molecular weight excluding hydrogens is 445 g/mol. The van der Waals surface area contributed by atoms with Crippen LogP contribution >= 0.6 is 0 Å². The second-order valence-electron chi connectivity index (χ2n) is 6.69. The zero-order valence-corrected chi connectivity index (χ0v) is 17.7. The molecule has 0 spiro atoms. The van der Waals surface area contributed by atoms with Crippen molar-refractivity contribution in [1.82, 2.24) is 0 Å². The van der Waals surface area contributed by atoms with E-state index in [9.17, 15) is 26.9 Å². The van der Waals surface area contributed by atoms with Crippen LogP contribution < -0.4 is 0 Å². The highest BCUT2D eigenvalue weighted by Crippen LogP contribution is 2.47. The molecule has 162 valence electrons. The summed E-state index contributed by atoms with van der Waals surface area (Å²) < 4.78 is 66.9. The predicted octanol–water partition coefficient (Wildman–Crippen LogP) is 3.62. The van der Waals surface area contributed by atoms with Crippen molar-refractivity contribution in [3.8, 4) is 0 Å². The summed E-state index contributed by atoms with van der Waals surface area (Å²) >= 11 is 0. The molecule has 7 nitrogen and oxygen atoms in total. The van der Waals surface area contributed by atoms with Crippen molar-refractivity contribution in [2.75, 3.05) is 6.54 Å². The molecule has 31 heavy (non-hydrogen) atoms. The highest BCUT2D eigenvalue weighted by molar-refractivity contribution is 8.10. The number of rotatable bonds is 8. The number of benzene rings is 3. The molecule has 1 unspecified atom stereocenters. The molecule has 3 aromatic rings. The van der Waals surface area contributed by atoms with Gasteiger partial charge in [-0.25, -0.2) is 21.2 Å². The largest absolute Gasteiger partial charge is 0.330 e. The van der Waals surface area contributed by atoms with Crippen LogP contribution in [-0.4, -0.2) is 32.6 Å². The van der Waals surface area contributed by atoms with Gasteiger partial charge in [-0.15, -0.1) is 0 Å². The monoisotopic (exact) mass is 463 g/mol. The molecule has 0 heterocycles. The minimum absolute atomic E-state index is 0.124. The Bertz CT molecular complexity index is 1200. The van der Waals surface area contributed by atoms with Crippen LogP contribution in [0.25, 0.3) is 0 Å². The van der Waals surface area contributed by atoms with E-state index >= 15 is 4.39 Å². The molecule has 0 amide bonds. The molecule has 0 aliphatic heterocycles. The summed E-state index contributed by atoms with van der Waals surface area (Å²) in [6, 6.07) is 19.4. The summed E-state index contributed by atoms with van der Waals surface area (Å²) in [5, 5.41) is 11.4. The Morgan fingerprint density at radius 1 is 0.742 bits per heavy atom. The molecule has 3 aromatic carbocycles. The maximum Gasteiger partial charge on any atom is 0.330 e. The van der Waals surface area contributed by atoms with Crippen LogP contribution in [0.15, 0.2) is 101 Å². The van der Waals surface area contributed by atoms with Crippen LogP contribution in [-0.2, 0) is 19.7 Å². The molecular formula is C21H18FNO6S2. The molecule has 0 N–H and O–H groups in total. The summed E-state index contributed by atoms with van der Waals surface area (Å²) in [5.74, 6) is -2.13. The molecule has 0 saturated carbocycles. The van der Waals surface area contributed by atoms with Crippen molar-refractivity contribution < 1.29 is 26.1 Å². The molecule has 10 heteroatoms. The van der Waals surface area contributed by atoms with E-state index in [4.69, 9.17) is 0 Å². The second-order valence-corrected chi connectivity index (χ2v) is 11.1. The lowest BCUT2D eigenvalue weighted by molar-refractivity contribution is -0.484. The van der Waals surface area contributed by atoms with Gasteiger partial charge in [0.05, 0.1) is 9.79 Å². The fraction of sp³-hybridized carbons (Fsp3) is 0.143. The Morgan fingerprint density at radius 3 is 1.45 bits per heavy atom. The Morgan fingerprint density at radius 2 is 1.10 bits per heavy atom. The van der Waals surface area contributed by atoms with Gasteiger partial charge in [-0.05, 0) is 29.8 Å². The van der Waals surface area contributed by atoms with Gasteiger partial charge in [-0.2, -0.15) is 0 Å². The molecule has 0 aliphatic carbocycles. The Hall–Kier alpha value is -3.11. The Labute approximate surface area is 179 Å². The first-order valence-electron chi connectivity index (χ1n) is 9.07. The van der Waals surface area contributed by atoms with E-state index in [1.807, 2.05) is 0 Å². The van der Waals surface area contributed by atoms with E-state index in [1.165, 1.54) is 60.7 Å². The third-order valence-corrected chi connectivity index (χ3v) is 9.93. The third-order valence-electron chi connectivity index (χ3n) is 4.79. The summed E-state index contributed by atoms with van der Waals surface area (Å²) in [4.78, 5) is 9.29. The van der Waals surface area contributed by atoms with Gasteiger partial charge in [0.15, 0.2) is 0 Å². The van der Waals surface area contributed by atoms with Gasteiger partial charge in [0.25, 0.3) is 0 Å². The number of hydrogen-bond acceptors (Lipinski definition) is 6. The van der Waals surface area contributed by atoms with Gasteiger partial charge in [0, 0.05) is 4.92 Å². The van der Waals surface area contributed by atoms with Crippen LogP contribution in [0.4, 0.5) is 4.39 Å². The first-order valence-corrected chi connectivity index (χ1v) is 12.0. The lowest BCUT2D eigenvalue weighted by atomic mass is 10.0. The zero-order valence-electron chi connectivity index (χ0n) is 16.0. The van der Waals surface area contributed by atoms with Crippen molar-refractivity contribution in [1.29, 1.82) is 0 Å². The maximum absolute atomic E-state index is 16.9. The lowest BCUT2D eigenvalue weighted by Crippen LogP contribution is -2.49. The fourth-order valence-corrected chi connectivity index (χ4v) is 7.86. The maximum atomic E-state index is 16.9. The highest BCUT2D eigenvalue weighted by Gasteiger charge is 2.64. The number of nitro groups is 1. The highest BCUT2D eigenvalue weighted by atomic mass is 32.3. The van der Waals surface area contributed by atoms with Crippen LogP contribution in [0.5, 0.6) is 0 Å². The van der Waals surface area contributed by atoms with E-state index in [-0.39, 0.29) is 5.56 Å². The molecule has 0 aliphatic rings. The SMILES string of the molecule is O=[N+]([O-])CC(c1ccccc1)C(F)(S(=O)(=O)c1ccccc1)S(=O)(=O)c1ccccc1. The van der Waals surface area contributed by atoms with Gasteiger partial charge in [-0.1, -0.05) is 66.7 Å². The standard InChI is InChI=1S/C21H18FNO6S2/c22-21(30(26,27)18-12-6-2-7-13-18,31(28,29)19-14-8-3-9-15-19)20(16-23(24)25)17-10-4-1-5-11-17/h1-15,20H,16H2.